The molecule has 28 heavy (non-hydrogen) atoms. The first-order valence-electron chi connectivity index (χ1n) is 8.49. The van der Waals surface area contributed by atoms with Crippen molar-refractivity contribution in [2.75, 3.05) is 12.4 Å². The van der Waals surface area contributed by atoms with E-state index in [4.69, 9.17) is 16.3 Å². The van der Waals surface area contributed by atoms with Gasteiger partial charge in [0.25, 0.3) is 11.8 Å². The van der Waals surface area contributed by atoms with Crippen LogP contribution in [0.5, 0.6) is 5.75 Å². The minimum Gasteiger partial charge on any atom is -0.496 e. The normalized spacial score (nSPS) is 10.2. The number of anilines is 1. The van der Waals surface area contributed by atoms with Crippen LogP contribution in [-0.4, -0.2) is 23.9 Å². The Bertz CT molecular complexity index is 993. The van der Waals surface area contributed by atoms with Gasteiger partial charge in [0.15, 0.2) is 0 Å². The van der Waals surface area contributed by atoms with E-state index in [1.165, 1.54) is 13.3 Å². The predicted molar refractivity (Wildman–Crippen MR) is 108 cm³/mol. The Morgan fingerprint density at radius 1 is 1.07 bits per heavy atom. The number of carbonyl (C=O) groups excluding carboxylic acids is 2. The third-order valence-corrected chi connectivity index (χ3v) is 4.20. The summed E-state index contributed by atoms with van der Waals surface area (Å²) in [5, 5.41) is 6.09. The molecule has 3 rings (SSSR count). The summed E-state index contributed by atoms with van der Waals surface area (Å²) in [6, 6.07) is 15.5. The van der Waals surface area contributed by atoms with Crippen molar-refractivity contribution in [2.45, 2.75) is 6.54 Å². The third kappa shape index (κ3) is 4.86. The number of methoxy groups -OCH3 is 1. The van der Waals surface area contributed by atoms with Crippen LogP contribution in [0.25, 0.3) is 0 Å². The van der Waals surface area contributed by atoms with E-state index in [2.05, 4.69) is 15.6 Å². The van der Waals surface area contributed by atoms with Crippen molar-refractivity contribution in [3.63, 3.8) is 0 Å². The fourth-order valence-electron chi connectivity index (χ4n) is 2.60. The molecule has 142 valence electrons. The number of hydrogen-bond donors (Lipinski definition) is 2. The van der Waals surface area contributed by atoms with E-state index in [9.17, 15) is 9.59 Å². The van der Waals surface area contributed by atoms with Crippen molar-refractivity contribution in [3.05, 3.63) is 88.7 Å². The molecule has 0 fully saturated rings. The average Bonchev–Trinajstić information content (AvgIpc) is 2.73. The molecule has 2 N–H and O–H groups in total. The molecule has 0 saturated heterocycles. The van der Waals surface area contributed by atoms with Gasteiger partial charge in [0.2, 0.25) is 0 Å². The summed E-state index contributed by atoms with van der Waals surface area (Å²) in [4.78, 5) is 28.6. The van der Waals surface area contributed by atoms with Crippen molar-refractivity contribution < 1.29 is 14.3 Å². The number of ether oxygens (including phenoxy) is 1. The molecule has 0 saturated carbocycles. The molecule has 0 bridgehead atoms. The van der Waals surface area contributed by atoms with Gasteiger partial charge in [-0.2, -0.15) is 0 Å². The van der Waals surface area contributed by atoms with Crippen LogP contribution in [0.2, 0.25) is 5.02 Å². The lowest BCUT2D eigenvalue weighted by atomic mass is 10.1. The molecule has 3 aromatic rings. The van der Waals surface area contributed by atoms with E-state index in [-0.39, 0.29) is 11.8 Å². The van der Waals surface area contributed by atoms with Gasteiger partial charge in [-0.15, -0.1) is 0 Å². The number of halogens is 1. The minimum absolute atomic E-state index is 0.216. The zero-order chi connectivity index (χ0) is 19.9. The Hall–Kier alpha value is -3.38. The van der Waals surface area contributed by atoms with Crippen LogP contribution in [0.4, 0.5) is 5.69 Å². The maximum absolute atomic E-state index is 12.6. The van der Waals surface area contributed by atoms with Crippen molar-refractivity contribution in [2.24, 2.45) is 0 Å². The van der Waals surface area contributed by atoms with Gasteiger partial charge in [-0.05, 0) is 48.0 Å². The molecular weight excluding hydrogens is 378 g/mol. The predicted octanol–water partition coefficient (Wildman–Crippen LogP) is 3.93. The molecule has 0 aliphatic carbocycles. The highest BCUT2D eigenvalue weighted by molar-refractivity contribution is 6.31. The highest BCUT2D eigenvalue weighted by Gasteiger charge is 2.13. The molecule has 2 amide bonds. The molecule has 1 aromatic heterocycles. The summed E-state index contributed by atoms with van der Waals surface area (Å²) >= 11 is 5.99. The molecule has 6 nitrogen and oxygen atoms in total. The molecule has 0 spiro atoms. The van der Waals surface area contributed by atoms with E-state index in [0.717, 1.165) is 5.56 Å². The quantitative estimate of drug-likeness (QED) is 0.662. The first-order valence-corrected chi connectivity index (χ1v) is 8.86. The summed E-state index contributed by atoms with van der Waals surface area (Å²) in [6.07, 6.45) is 3.11. The van der Waals surface area contributed by atoms with Gasteiger partial charge < -0.3 is 15.4 Å². The molecule has 0 aliphatic rings. The van der Waals surface area contributed by atoms with Gasteiger partial charge in [-0.3, -0.25) is 14.6 Å². The van der Waals surface area contributed by atoms with Crippen LogP contribution >= 0.6 is 11.6 Å². The zero-order valence-electron chi connectivity index (χ0n) is 15.1. The van der Waals surface area contributed by atoms with Crippen LogP contribution in [0, 0.1) is 0 Å². The van der Waals surface area contributed by atoms with E-state index in [1.807, 2.05) is 6.07 Å². The van der Waals surface area contributed by atoms with Crippen LogP contribution in [0.3, 0.4) is 0 Å². The molecule has 1 heterocycles. The fourth-order valence-corrected chi connectivity index (χ4v) is 2.77. The first-order chi connectivity index (χ1) is 13.6. The van der Waals surface area contributed by atoms with Crippen LogP contribution in [0.1, 0.15) is 26.3 Å². The number of hydrogen-bond acceptors (Lipinski definition) is 4. The lowest BCUT2D eigenvalue weighted by molar-refractivity contribution is 0.0949. The SMILES string of the molecule is COc1ccc(Cl)cc1C(=O)Nc1cccc(CNC(=O)c2cccnc2)c1. The topological polar surface area (TPSA) is 80.3 Å². The smallest absolute Gasteiger partial charge is 0.259 e. The first kappa shape index (κ1) is 19.4. The second-order valence-corrected chi connectivity index (χ2v) is 6.36. The van der Waals surface area contributed by atoms with Gasteiger partial charge in [-0.25, -0.2) is 0 Å². The molecule has 0 atom stereocenters. The van der Waals surface area contributed by atoms with Gasteiger partial charge in [-0.1, -0.05) is 23.7 Å². The average molecular weight is 396 g/mol. The van der Waals surface area contributed by atoms with E-state index in [0.29, 0.717) is 34.1 Å². The fraction of sp³-hybridized carbons (Fsp3) is 0.0952. The van der Waals surface area contributed by atoms with E-state index in [1.54, 1.807) is 54.7 Å². The van der Waals surface area contributed by atoms with Crippen LogP contribution in [0.15, 0.2) is 67.0 Å². The zero-order valence-corrected chi connectivity index (χ0v) is 15.9. The monoisotopic (exact) mass is 395 g/mol. The van der Waals surface area contributed by atoms with Crippen LogP contribution in [-0.2, 0) is 6.54 Å². The Kier molecular flexibility index (Phi) is 6.24. The number of pyridine rings is 1. The second kappa shape index (κ2) is 9.01. The maximum atomic E-state index is 12.6. The third-order valence-electron chi connectivity index (χ3n) is 3.97. The number of aromatic nitrogens is 1. The Morgan fingerprint density at radius 2 is 1.93 bits per heavy atom. The highest BCUT2D eigenvalue weighted by atomic mass is 35.5. The van der Waals surface area contributed by atoms with E-state index < -0.39 is 0 Å². The molecule has 2 aromatic carbocycles. The van der Waals surface area contributed by atoms with Crippen molar-refractivity contribution in [1.29, 1.82) is 0 Å². The number of rotatable bonds is 6. The molecule has 7 heteroatoms. The number of nitrogens with zero attached hydrogens (tertiary/aromatic N) is 1. The van der Waals surface area contributed by atoms with Crippen molar-refractivity contribution >= 4 is 29.1 Å². The minimum atomic E-state index is -0.337. The van der Waals surface area contributed by atoms with Crippen molar-refractivity contribution in [1.82, 2.24) is 10.3 Å². The molecule has 0 aliphatic heterocycles. The summed E-state index contributed by atoms with van der Waals surface area (Å²) in [5.74, 6) is -0.121. The highest BCUT2D eigenvalue weighted by Crippen LogP contribution is 2.24. The largest absolute Gasteiger partial charge is 0.496 e. The van der Waals surface area contributed by atoms with Gasteiger partial charge in [0.1, 0.15) is 5.75 Å². The molecule has 0 radical (unpaired) electrons. The number of carbonyl (C=O) groups is 2. The summed E-state index contributed by atoms with van der Waals surface area (Å²) in [7, 11) is 1.49. The van der Waals surface area contributed by atoms with Gasteiger partial charge in [0.05, 0.1) is 18.2 Å². The lowest BCUT2D eigenvalue weighted by Crippen LogP contribution is -2.23. The Labute approximate surface area is 167 Å². The van der Waals surface area contributed by atoms with Crippen molar-refractivity contribution in [3.8, 4) is 5.75 Å². The molecule has 0 unspecified atom stereocenters. The summed E-state index contributed by atoms with van der Waals surface area (Å²) < 4.78 is 5.22. The lowest BCUT2D eigenvalue weighted by Gasteiger charge is -2.11. The maximum Gasteiger partial charge on any atom is 0.259 e. The van der Waals surface area contributed by atoms with Gasteiger partial charge in [0, 0.05) is 29.6 Å². The second-order valence-electron chi connectivity index (χ2n) is 5.92. The van der Waals surface area contributed by atoms with Gasteiger partial charge >= 0.3 is 0 Å². The summed E-state index contributed by atoms with van der Waals surface area (Å²) in [5.41, 5.74) is 2.26. The summed E-state index contributed by atoms with van der Waals surface area (Å²) in [6.45, 7) is 0.317. The van der Waals surface area contributed by atoms with Crippen LogP contribution < -0.4 is 15.4 Å². The van der Waals surface area contributed by atoms with E-state index >= 15 is 0 Å². The Morgan fingerprint density at radius 3 is 2.68 bits per heavy atom. The Balaban J connectivity index is 1.67. The number of nitrogens with one attached hydrogen (secondary N) is 2. The standard InChI is InChI=1S/C21H18ClN3O3/c1-28-19-8-7-16(22)11-18(19)21(27)25-17-6-2-4-14(10-17)12-24-20(26)15-5-3-9-23-13-15/h2-11,13H,12H2,1H3,(H,24,26)(H,25,27). The molecular formula is C21H18ClN3O3. The number of amides is 2. The number of benzene rings is 2.